The van der Waals surface area contributed by atoms with Crippen molar-refractivity contribution < 1.29 is 10.2 Å². The number of unbranched alkanes of at least 4 members (excludes halogenated alkanes) is 1. The van der Waals surface area contributed by atoms with Gasteiger partial charge in [0.1, 0.15) is 5.76 Å². The Kier molecular flexibility index (Phi) is 5.88. The number of allylic oxidation sites excluding steroid dienone is 3. The Hall–Kier alpha value is -0.760. The summed E-state index contributed by atoms with van der Waals surface area (Å²) in [5, 5.41) is 17.1. The molecule has 0 saturated heterocycles. The van der Waals surface area contributed by atoms with E-state index in [0.717, 1.165) is 12.8 Å². The van der Waals surface area contributed by atoms with Gasteiger partial charge in [0.05, 0.1) is 6.61 Å². The maximum absolute atomic E-state index is 8.74. The summed E-state index contributed by atoms with van der Waals surface area (Å²) in [7, 11) is 0. The van der Waals surface area contributed by atoms with Crippen LogP contribution in [0, 0.1) is 0 Å². The first-order chi connectivity index (χ1) is 4.81. The van der Waals surface area contributed by atoms with Gasteiger partial charge in [0.15, 0.2) is 0 Å². The molecule has 0 aromatic carbocycles. The maximum atomic E-state index is 8.74. The van der Waals surface area contributed by atoms with Crippen LogP contribution in [-0.2, 0) is 0 Å². The van der Waals surface area contributed by atoms with Gasteiger partial charge in [-0.3, -0.25) is 0 Å². The Balaban J connectivity index is 3.33. The zero-order chi connectivity index (χ0) is 7.82. The second kappa shape index (κ2) is 6.36. The topological polar surface area (TPSA) is 40.5 Å². The van der Waals surface area contributed by atoms with Crippen LogP contribution in [0.4, 0.5) is 0 Å². The predicted molar refractivity (Wildman–Crippen MR) is 41.8 cm³/mol. The molecule has 0 aliphatic carbocycles. The molecule has 0 aromatic rings. The molecule has 0 aliphatic heterocycles. The highest BCUT2D eigenvalue weighted by Crippen LogP contribution is 1.95. The van der Waals surface area contributed by atoms with E-state index in [1.807, 2.05) is 19.1 Å². The molecule has 0 rings (SSSR count). The van der Waals surface area contributed by atoms with E-state index >= 15 is 0 Å². The molecule has 2 nitrogen and oxygen atoms in total. The van der Waals surface area contributed by atoms with Crippen LogP contribution in [0.2, 0.25) is 0 Å². The molecule has 0 bridgehead atoms. The SMILES string of the molecule is CC=CCCC=C(O)CO. The summed E-state index contributed by atoms with van der Waals surface area (Å²) in [6, 6.07) is 0. The first-order valence-electron chi connectivity index (χ1n) is 3.41. The van der Waals surface area contributed by atoms with Crippen LogP contribution in [0.15, 0.2) is 24.0 Å². The highest BCUT2D eigenvalue weighted by atomic mass is 16.3. The standard InChI is InChI=1S/C8H14O2/c1-2-3-4-5-6-8(10)7-9/h2-3,6,9-10H,4-5,7H2,1H3. The summed E-state index contributed by atoms with van der Waals surface area (Å²) in [5.74, 6) is 0.0597. The van der Waals surface area contributed by atoms with Crippen molar-refractivity contribution in [3.05, 3.63) is 24.0 Å². The van der Waals surface area contributed by atoms with Crippen LogP contribution in [-0.4, -0.2) is 16.8 Å². The van der Waals surface area contributed by atoms with Crippen LogP contribution in [0.3, 0.4) is 0 Å². The number of rotatable bonds is 4. The minimum Gasteiger partial charge on any atom is -0.510 e. The van der Waals surface area contributed by atoms with Gasteiger partial charge in [-0.1, -0.05) is 12.2 Å². The van der Waals surface area contributed by atoms with Crippen molar-refractivity contribution in [2.24, 2.45) is 0 Å². The molecule has 2 N–H and O–H groups in total. The van der Waals surface area contributed by atoms with E-state index in [-0.39, 0.29) is 12.4 Å². The third-order valence-electron chi connectivity index (χ3n) is 1.11. The van der Waals surface area contributed by atoms with E-state index in [9.17, 15) is 0 Å². The quantitative estimate of drug-likeness (QED) is 0.357. The zero-order valence-corrected chi connectivity index (χ0v) is 6.25. The molecular formula is C8H14O2. The summed E-state index contributed by atoms with van der Waals surface area (Å²) in [6.45, 7) is 1.70. The Bertz CT molecular complexity index is 125. The molecule has 0 radical (unpaired) electrons. The normalized spacial score (nSPS) is 12.8. The van der Waals surface area contributed by atoms with E-state index < -0.39 is 0 Å². The molecule has 58 valence electrons. The largest absolute Gasteiger partial charge is 0.510 e. The first-order valence-corrected chi connectivity index (χ1v) is 3.41. The fraction of sp³-hybridized carbons (Fsp3) is 0.500. The van der Waals surface area contributed by atoms with Gasteiger partial charge in [0, 0.05) is 0 Å². The van der Waals surface area contributed by atoms with Gasteiger partial charge >= 0.3 is 0 Å². The summed E-state index contributed by atoms with van der Waals surface area (Å²) in [4.78, 5) is 0. The lowest BCUT2D eigenvalue weighted by Gasteiger charge is -1.91. The number of hydrogen-bond acceptors (Lipinski definition) is 2. The lowest BCUT2D eigenvalue weighted by atomic mass is 10.2. The lowest BCUT2D eigenvalue weighted by Crippen LogP contribution is -1.86. The molecule has 0 amide bonds. The van der Waals surface area contributed by atoms with Crippen LogP contribution in [0.1, 0.15) is 19.8 Å². The van der Waals surface area contributed by atoms with E-state index in [1.165, 1.54) is 0 Å². The van der Waals surface area contributed by atoms with Crippen molar-refractivity contribution in [2.75, 3.05) is 6.61 Å². The van der Waals surface area contributed by atoms with Gasteiger partial charge in [-0.15, -0.1) is 0 Å². The number of aliphatic hydroxyl groups is 2. The predicted octanol–water partition coefficient (Wildman–Crippen LogP) is 1.78. The summed E-state index contributed by atoms with van der Waals surface area (Å²) in [6.07, 6.45) is 7.31. The fourth-order valence-electron chi connectivity index (χ4n) is 0.577. The van der Waals surface area contributed by atoms with Crippen molar-refractivity contribution in [2.45, 2.75) is 19.8 Å². The summed E-state index contributed by atoms with van der Waals surface area (Å²) >= 11 is 0. The minimum atomic E-state index is -0.254. The second-order valence-electron chi connectivity index (χ2n) is 2.00. The average molecular weight is 142 g/mol. The van der Waals surface area contributed by atoms with Gasteiger partial charge in [-0.25, -0.2) is 0 Å². The Morgan fingerprint density at radius 1 is 1.40 bits per heavy atom. The second-order valence-corrected chi connectivity index (χ2v) is 2.00. The molecule has 0 unspecified atom stereocenters. The van der Waals surface area contributed by atoms with Crippen molar-refractivity contribution in [3.63, 3.8) is 0 Å². The first kappa shape index (κ1) is 9.24. The molecule has 2 heteroatoms. The molecule has 0 aromatic heterocycles. The van der Waals surface area contributed by atoms with Gasteiger partial charge in [0.2, 0.25) is 0 Å². The molecule has 10 heavy (non-hydrogen) atoms. The fourth-order valence-corrected chi connectivity index (χ4v) is 0.577. The van der Waals surface area contributed by atoms with Crippen molar-refractivity contribution in [3.8, 4) is 0 Å². The summed E-state index contributed by atoms with van der Waals surface area (Å²) in [5.41, 5.74) is 0. The minimum absolute atomic E-state index is 0.0597. The molecule has 0 atom stereocenters. The third-order valence-corrected chi connectivity index (χ3v) is 1.11. The molecule has 0 saturated carbocycles. The smallest absolute Gasteiger partial charge is 0.114 e. The molecule has 0 spiro atoms. The molecular weight excluding hydrogens is 128 g/mol. The monoisotopic (exact) mass is 142 g/mol. The molecule has 0 aliphatic rings. The van der Waals surface area contributed by atoms with Gasteiger partial charge in [0.25, 0.3) is 0 Å². The lowest BCUT2D eigenvalue weighted by molar-refractivity contribution is 0.252. The third kappa shape index (κ3) is 5.38. The molecule has 0 heterocycles. The van der Waals surface area contributed by atoms with Gasteiger partial charge in [-0.2, -0.15) is 0 Å². The number of hydrogen-bond donors (Lipinski definition) is 2. The van der Waals surface area contributed by atoms with Gasteiger partial charge in [-0.05, 0) is 25.8 Å². The van der Waals surface area contributed by atoms with E-state index in [1.54, 1.807) is 6.08 Å². The van der Waals surface area contributed by atoms with Crippen LogP contribution < -0.4 is 0 Å². The van der Waals surface area contributed by atoms with Crippen LogP contribution in [0.5, 0.6) is 0 Å². The van der Waals surface area contributed by atoms with Crippen LogP contribution in [0.25, 0.3) is 0 Å². The average Bonchev–Trinajstić information content (AvgIpc) is 1.98. The molecule has 0 fully saturated rings. The summed E-state index contributed by atoms with van der Waals surface area (Å²) < 4.78 is 0. The number of aliphatic hydroxyl groups excluding tert-OH is 2. The van der Waals surface area contributed by atoms with Gasteiger partial charge < -0.3 is 10.2 Å². The highest BCUT2D eigenvalue weighted by molar-refractivity contribution is 4.92. The Labute approximate surface area is 61.5 Å². The van der Waals surface area contributed by atoms with Crippen molar-refractivity contribution >= 4 is 0 Å². The maximum Gasteiger partial charge on any atom is 0.114 e. The van der Waals surface area contributed by atoms with E-state index in [2.05, 4.69) is 0 Å². The van der Waals surface area contributed by atoms with Crippen LogP contribution >= 0.6 is 0 Å². The zero-order valence-electron chi connectivity index (χ0n) is 6.25. The Morgan fingerprint density at radius 3 is 2.60 bits per heavy atom. The van der Waals surface area contributed by atoms with E-state index in [0.29, 0.717) is 0 Å². The Morgan fingerprint density at radius 2 is 2.10 bits per heavy atom. The van der Waals surface area contributed by atoms with E-state index in [4.69, 9.17) is 10.2 Å². The van der Waals surface area contributed by atoms with Crippen molar-refractivity contribution in [1.29, 1.82) is 0 Å². The highest BCUT2D eigenvalue weighted by Gasteiger charge is 1.85. The van der Waals surface area contributed by atoms with Crippen molar-refractivity contribution in [1.82, 2.24) is 0 Å².